The smallest absolute Gasteiger partial charge is 0.218 e. The lowest BCUT2D eigenvalue weighted by Crippen LogP contribution is -2.49. The maximum absolute atomic E-state index is 12.6. The van der Waals surface area contributed by atoms with Gasteiger partial charge in [0.2, 0.25) is 10.0 Å². The van der Waals surface area contributed by atoms with Crippen molar-refractivity contribution in [1.82, 2.24) is 9.21 Å². The summed E-state index contributed by atoms with van der Waals surface area (Å²) >= 11 is 0. The fraction of sp³-hybridized carbons (Fsp3) is 0.381. The lowest BCUT2D eigenvalue weighted by molar-refractivity contribution is 0.101. The van der Waals surface area contributed by atoms with Gasteiger partial charge in [0.1, 0.15) is 12.4 Å². The van der Waals surface area contributed by atoms with Crippen molar-refractivity contribution in [2.24, 2.45) is 0 Å². The summed E-state index contributed by atoms with van der Waals surface area (Å²) in [5.74, 6) is 0.616. The molecular weight excluding hydrogens is 376 g/mol. The summed E-state index contributed by atoms with van der Waals surface area (Å²) in [7, 11) is -3.30. The van der Waals surface area contributed by atoms with E-state index in [0.29, 0.717) is 50.6 Å². The average molecular weight is 403 g/mol. The molecule has 6 nitrogen and oxygen atoms in total. The van der Waals surface area contributed by atoms with Crippen molar-refractivity contribution < 1.29 is 17.9 Å². The lowest BCUT2D eigenvalue weighted by Gasteiger charge is -2.33. The van der Waals surface area contributed by atoms with Crippen molar-refractivity contribution in [3.63, 3.8) is 0 Å². The van der Waals surface area contributed by atoms with Crippen molar-refractivity contribution in [2.75, 3.05) is 39.3 Å². The molecular formula is C21H26N2O4S. The van der Waals surface area contributed by atoms with Gasteiger partial charge in [-0.05, 0) is 24.6 Å². The number of ether oxygens (including phenoxy) is 1. The standard InChI is InChI=1S/C21H26N2O4S/c1-18(24)20-9-5-6-10-21(20)27-16-15-22-11-13-23(14-12-22)28(25,26)17-19-7-3-2-4-8-19/h2-10H,11-17H2,1H3. The normalized spacial score (nSPS) is 16.0. The zero-order valence-electron chi connectivity index (χ0n) is 16.1. The highest BCUT2D eigenvalue weighted by Crippen LogP contribution is 2.18. The third-order valence-corrected chi connectivity index (χ3v) is 6.70. The Hall–Kier alpha value is -2.22. The molecule has 0 bridgehead atoms. The van der Waals surface area contributed by atoms with Crippen LogP contribution in [-0.2, 0) is 15.8 Å². The number of nitrogens with zero attached hydrogens (tertiary/aromatic N) is 2. The molecule has 7 heteroatoms. The monoisotopic (exact) mass is 402 g/mol. The Kier molecular flexibility index (Phi) is 6.83. The minimum absolute atomic E-state index is 0.0205. The highest BCUT2D eigenvalue weighted by Gasteiger charge is 2.27. The van der Waals surface area contributed by atoms with E-state index in [1.54, 1.807) is 16.4 Å². The van der Waals surface area contributed by atoms with Crippen molar-refractivity contribution in [3.05, 3.63) is 65.7 Å². The van der Waals surface area contributed by atoms with Crippen molar-refractivity contribution in [2.45, 2.75) is 12.7 Å². The molecule has 1 fully saturated rings. The average Bonchev–Trinajstić information content (AvgIpc) is 2.69. The maximum Gasteiger partial charge on any atom is 0.218 e. The molecule has 1 heterocycles. The second kappa shape index (κ2) is 9.32. The molecule has 0 spiro atoms. The number of hydrogen-bond acceptors (Lipinski definition) is 5. The minimum Gasteiger partial charge on any atom is -0.491 e. The Morgan fingerprint density at radius 2 is 1.61 bits per heavy atom. The third kappa shape index (κ3) is 5.41. The Morgan fingerprint density at radius 1 is 0.964 bits per heavy atom. The van der Waals surface area contributed by atoms with Gasteiger partial charge in [-0.2, -0.15) is 4.31 Å². The van der Waals surface area contributed by atoms with Crippen molar-refractivity contribution in [1.29, 1.82) is 0 Å². The number of rotatable bonds is 8. The molecule has 150 valence electrons. The molecule has 0 N–H and O–H groups in total. The summed E-state index contributed by atoms with van der Waals surface area (Å²) in [5, 5.41) is 0. The van der Waals surface area contributed by atoms with Crippen LogP contribution in [-0.4, -0.2) is 62.7 Å². The van der Waals surface area contributed by atoms with Crippen LogP contribution in [0.15, 0.2) is 54.6 Å². The van der Waals surface area contributed by atoms with E-state index < -0.39 is 10.0 Å². The molecule has 1 aliphatic heterocycles. The van der Waals surface area contributed by atoms with E-state index in [9.17, 15) is 13.2 Å². The summed E-state index contributed by atoms with van der Waals surface area (Å²) < 4.78 is 32.6. The molecule has 0 unspecified atom stereocenters. The molecule has 0 aliphatic carbocycles. The lowest BCUT2D eigenvalue weighted by atomic mass is 10.1. The van der Waals surface area contributed by atoms with Crippen LogP contribution in [0.1, 0.15) is 22.8 Å². The number of carbonyl (C=O) groups is 1. The first-order chi connectivity index (χ1) is 13.5. The zero-order chi connectivity index (χ0) is 20.0. The molecule has 1 saturated heterocycles. The molecule has 0 atom stereocenters. The van der Waals surface area contributed by atoms with E-state index in [2.05, 4.69) is 4.90 Å². The molecule has 2 aromatic rings. The van der Waals surface area contributed by atoms with Gasteiger partial charge in [-0.3, -0.25) is 9.69 Å². The van der Waals surface area contributed by atoms with Gasteiger partial charge in [0.05, 0.1) is 11.3 Å². The molecule has 3 rings (SSSR count). The highest BCUT2D eigenvalue weighted by molar-refractivity contribution is 7.88. The van der Waals surface area contributed by atoms with Crippen LogP contribution >= 0.6 is 0 Å². The first-order valence-corrected chi connectivity index (χ1v) is 11.0. The van der Waals surface area contributed by atoms with Crippen LogP contribution in [0.5, 0.6) is 5.75 Å². The second-order valence-electron chi connectivity index (χ2n) is 6.88. The van der Waals surface area contributed by atoms with Gasteiger partial charge in [-0.1, -0.05) is 42.5 Å². The van der Waals surface area contributed by atoms with Gasteiger partial charge in [0.15, 0.2) is 5.78 Å². The number of Topliss-reactive ketones (excluding diaryl/α,β-unsaturated/α-hetero) is 1. The maximum atomic E-state index is 12.6. The number of piperazine rings is 1. The van der Waals surface area contributed by atoms with Crippen LogP contribution in [0.4, 0.5) is 0 Å². The van der Waals surface area contributed by atoms with Gasteiger partial charge in [-0.25, -0.2) is 8.42 Å². The summed E-state index contributed by atoms with van der Waals surface area (Å²) in [6.07, 6.45) is 0. The van der Waals surface area contributed by atoms with Crippen LogP contribution in [0.2, 0.25) is 0 Å². The van der Waals surface area contributed by atoms with Gasteiger partial charge in [0, 0.05) is 32.7 Å². The SMILES string of the molecule is CC(=O)c1ccccc1OCCN1CCN(S(=O)(=O)Cc2ccccc2)CC1. The summed E-state index contributed by atoms with van der Waals surface area (Å²) in [4.78, 5) is 13.8. The molecule has 0 saturated carbocycles. The molecule has 0 aromatic heterocycles. The topological polar surface area (TPSA) is 66.9 Å². The highest BCUT2D eigenvalue weighted by atomic mass is 32.2. The molecule has 0 radical (unpaired) electrons. The Balaban J connectivity index is 1.46. The van der Waals surface area contributed by atoms with E-state index in [0.717, 1.165) is 5.56 Å². The number of hydrogen-bond donors (Lipinski definition) is 0. The number of ketones is 1. The second-order valence-corrected chi connectivity index (χ2v) is 8.85. The number of sulfonamides is 1. The summed E-state index contributed by atoms with van der Waals surface area (Å²) in [6.45, 7) is 4.99. The molecule has 1 aliphatic rings. The van der Waals surface area contributed by atoms with Crippen molar-refractivity contribution >= 4 is 15.8 Å². The fourth-order valence-corrected chi connectivity index (χ4v) is 4.79. The first kappa shape index (κ1) is 20.5. The largest absolute Gasteiger partial charge is 0.491 e. The van der Waals surface area contributed by atoms with E-state index in [1.807, 2.05) is 42.5 Å². The minimum atomic E-state index is -3.30. The summed E-state index contributed by atoms with van der Waals surface area (Å²) in [5.41, 5.74) is 1.39. The molecule has 2 aromatic carbocycles. The summed E-state index contributed by atoms with van der Waals surface area (Å²) in [6, 6.07) is 16.5. The molecule has 0 amide bonds. The van der Waals surface area contributed by atoms with Crippen LogP contribution < -0.4 is 4.74 Å². The predicted molar refractivity (Wildman–Crippen MR) is 109 cm³/mol. The number of carbonyl (C=O) groups excluding carboxylic acids is 1. The Labute approximate surface area is 166 Å². The van der Waals surface area contributed by atoms with E-state index in [1.165, 1.54) is 6.92 Å². The third-order valence-electron chi connectivity index (χ3n) is 4.85. The van der Waals surface area contributed by atoms with Gasteiger partial charge < -0.3 is 4.74 Å². The molecule has 28 heavy (non-hydrogen) atoms. The van der Waals surface area contributed by atoms with Crippen molar-refractivity contribution in [3.8, 4) is 5.75 Å². The van der Waals surface area contributed by atoms with Gasteiger partial charge >= 0.3 is 0 Å². The zero-order valence-corrected chi connectivity index (χ0v) is 16.9. The van der Waals surface area contributed by atoms with Crippen LogP contribution in [0.25, 0.3) is 0 Å². The predicted octanol–water partition coefficient (Wildman–Crippen LogP) is 2.42. The van der Waals surface area contributed by atoms with Crippen LogP contribution in [0, 0.1) is 0 Å². The quantitative estimate of drug-likeness (QED) is 0.635. The Bertz CT molecular complexity index is 892. The van der Waals surface area contributed by atoms with E-state index in [4.69, 9.17) is 4.74 Å². The van der Waals surface area contributed by atoms with Gasteiger partial charge in [0.25, 0.3) is 0 Å². The fourth-order valence-electron chi connectivity index (χ4n) is 3.28. The van der Waals surface area contributed by atoms with E-state index >= 15 is 0 Å². The van der Waals surface area contributed by atoms with E-state index in [-0.39, 0.29) is 11.5 Å². The van der Waals surface area contributed by atoms with Crippen LogP contribution in [0.3, 0.4) is 0 Å². The van der Waals surface area contributed by atoms with Gasteiger partial charge in [-0.15, -0.1) is 0 Å². The first-order valence-electron chi connectivity index (χ1n) is 9.42. The Morgan fingerprint density at radius 3 is 2.29 bits per heavy atom. The number of benzene rings is 2. The number of para-hydroxylation sites is 1.